The van der Waals surface area contributed by atoms with Crippen molar-refractivity contribution in [3.63, 3.8) is 0 Å². The normalized spacial score (nSPS) is 14.9. The Morgan fingerprint density at radius 3 is 2.65 bits per heavy atom. The fourth-order valence-corrected chi connectivity index (χ4v) is 1.29. The molecule has 0 aliphatic rings. The van der Waals surface area contributed by atoms with Crippen molar-refractivity contribution < 1.29 is 0 Å². The second-order valence-electron chi connectivity index (χ2n) is 4.15. The summed E-state index contributed by atoms with van der Waals surface area (Å²) in [5, 5.41) is 12.6. The van der Waals surface area contributed by atoms with Gasteiger partial charge in [0.1, 0.15) is 5.08 Å². The molecule has 0 aliphatic heterocycles. The van der Waals surface area contributed by atoms with Crippen molar-refractivity contribution >= 4 is 28.5 Å². The Morgan fingerprint density at radius 1 is 1.53 bits per heavy atom. The smallest absolute Gasteiger partial charge is 0.135 e. The van der Waals surface area contributed by atoms with Gasteiger partial charge in [0.2, 0.25) is 0 Å². The van der Waals surface area contributed by atoms with Crippen molar-refractivity contribution in [2.24, 2.45) is 16.6 Å². The largest absolute Gasteiger partial charge is 0.402 e. The SMILES string of the molecule is CC(N)=C(C=NCC(C)C)CNC(Br)NC=N. The Bertz CT molecular complexity index is 282. The molecule has 0 heterocycles. The molecule has 0 bridgehead atoms. The van der Waals surface area contributed by atoms with Crippen LogP contribution in [0.25, 0.3) is 0 Å². The van der Waals surface area contributed by atoms with Gasteiger partial charge in [0.05, 0.1) is 6.34 Å². The Balaban J connectivity index is 4.23. The summed E-state index contributed by atoms with van der Waals surface area (Å²) in [5.41, 5.74) is 7.49. The van der Waals surface area contributed by atoms with E-state index in [0.717, 1.165) is 24.2 Å². The lowest BCUT2D eigenvalue weighted by Gasteiger charge is -2.12. The van der Waals surface area contributed by atoms with Crippen LogP contribution < -0.4 is 16.4 Å². The first kappa shape index (κ1) is 16.1. The quantitative estimate of drug-likeness (QED) is 0.180. The maximum Gasteiger partial charge on any atom is 0.135 e. The first-order chi connectivity index (χ1) is 7.97. The molecule has 0 aromatic carbocycles. The van der Waals surface area contributed by atoms with E-state index in [1.165, 1.54) is 0 Å². The third-order valence-electron chi connectivity index (χ3n) is 1.93. The lowest BCUT2D eigenvalue weighted by molar-refractivity contribution is 0.663. The van der Waals surface area contributed by atoms with Gasteiger partial charge in [-0.1, -0.05) is 13.8 Å². The average molecular weight is 304 g/mol. The van der Waals surface area contributed by atoms with Gasteiger partial charge in [-0.25, -0.2) is 0 Å². The average Bonchev–Trinajstić information content (AvgIpc) is 2.22. The van der Waals surface area contributed by atoms with Crippen LogP contribution in [-0.4, -0.2) is 30.7 Å². The minimum absolute atomic E-state index is 0.146. The molecule has 1 unspecified atom stereocenters. The zero-order chi connectivity index (χ0) is 13.3. The molecular weight excluding hydrogens is 282 g/mol. The van der Waals surface area contributed by atoms with Gasteiger partial charge in [-0.05, 0) is 28.8 Å². The summed E-state index contributed by atoms with van der Waals surface area (Å²) in [4.78, 5) is 4.33. The molecular formula is C11H22BrN5. The van der Waals surface area contributed by atoms with Crippen LogP contribution >= 0.6 is 15.9 Å². The van der Waals surface area contributed by atoms with Crippen molar-refractivity contribution in [3.05, 3.63) is 11.3 Å². The molecule has 0 rings (SSSR count). The zero-order valence-electron chi connectivity index (χ0n) is 10.6. The summed E-state index contributed by atoms with van der Waals surface area (Å²) in [5.74, 6) is 0.544. The lowest BCUT2D eigenvalue weighted by atomic mass is 10.2. The molecule has 0 aliphatic carbocycles. The van der Waals surface area contributed by atoms with E-state index in [-0.39, 0.29) is 5.08 Å². The topological polar surface area (TPSA) is 86.3 Å². The molecule has 0 spiro atoms. The number of alkyl halides is 1. The first-order valence-corrected chi connectivity index (χ1v) is 6.46. The maximum atomic E-state index is 6.89. The minimum atomic E-state index is -0.146. The molecule has 0 aromatic heterocycles. The third kappa shape index (κ3) is 8.88. The van der Waals surface area contributed by atoms with Gasteiger partial charge in [0.25, 0.3) is 0 Å². The molecule has 98 valence electrons. The van der Waals surface area contributed by atoms with Crippen molar-refractivity contribution in [2.75, 3.05) is 13.1 Å². The molecule has 1 atom stereocenters. The molecule has 0 aromatic rings. The number of rotatable bonds is 8. The number of hydrogen-bond donors (Lipinski definition) is 4. The van der Waals surface area contributed by atoms with E-state index in [9.17, 15) is 0 Å². The highest BCUT2D eigenvalue weighted by atomic mass is 79.9. The third-order valence-corrected chi connectivity index (χ3v) is 2.51. The summed E-state index contributed by atoms with van der Waals surface area (Å²) < 4.78 is 0. The zero-order valence-corrected chi connectivity index (χ0v) is 12.2. The van der Waals surface area contributed by atoms with Crippen molar-refractivity contribution in [2.45, 2.75) is 25.8 Å². The van der Waals surface area contributed by atoms with Crippen LogP contribution in [0.5, 0.6) is 0 Å². The number of hydrogen-bond acceptors (Lipinski definition) is 4. The summed E-state index contributed by atoms with van der Waals surface area (Å²) in [7, 11) is 0. The Morgan fingerprint density at radius 2 is 2.18 bits per heavy atom. The van der Waals surface area contributed by atoms with Crippen molar-refractivity contribution in [1.29, 1.82) is 5.41 Å². The summed E-state index contributed by atoms with van der Waals surface area (Å²) in [6.45, 7) is 7.49. The van der Waals surface area contributed by atoms with Crippen LogP contribution in [0.4, 0.5) is 0 Å². The van der Waals surface area contributed by atoms with E-state index in [4.69, 9.17) is 11.1 Å². The monoisotopic (exact) mass is 303 g/mol. The van der Waals surface area contributed by atoms with E-state index in [1.807, 2.05) is 13.1 Å². The molecule has 0 saturated heterocycles. The Kier molecular flexibility index (Phi) is 8.71. The van der Waals surface area contributed by atoms with Crippen LogP contribution in [0, 0.1) is 11.3 Å². The lowest BCUT2D eigenvalue weighted by Crippen LogP contribution is -2.37. The van der Waals surface area contributed by atoms with Gasteiger partial charge in [0.15, 0.2) is 0 Å². The number of nitrogens with one attached hydrogen (secondary N) is 3. The van der Waals surface area contributed by atoms with Crippen LogP contribution in [0.15, 0.2) is 16.3 Å². The summed E-state index contributed by atoms with van der Waals surface area (Å²) >= 11 is 3.33. The van der Waals surface area contributed by atoms with Gasteiger partial charge >= 0.3 is 0 Å². The van der Waals surface area contributed by atoms with Crippen LogP contribution in [0.1, 0.15) is 20.8 Å². The second kappa shape index (κ2) is 9.18. The molecule has 0 fully saturated rings. The van der Waals surface area contributed by atoms with E-state index in [2.05, 4.69) is 45.4 Å². The highest BCUT2D eigenvalue weighted by molar-refractivity contribution is 9.09. The molecule has 0 amide bonds. The van der Waals surface area contributed by atoms with E-state index in [0.29, 0.717) is 12.5 Å². The molecule has 17 heavy (non-hydrogen) atoms. The maximum absolute atomic E-state index is 6.89. The van der Waals surface area contributed by atoms with Gasteiger partial charge in [-0.15, -0.1) is 0 Å². The van der Waals surface area contributed by atoms with Gasteiger partial charge in [-0.2, -0.15) is 0 Å². The van der Waals surface area contributed by atoms with Crippen LogP contribution in [-0.2, 0) is 0 Å². The predicted octanol–water partition coefficient (Wildman–Crippen LogP) is 1.41. The Labute approximate surface area is 112 Å². The molecule has 6 heteroatoms. The van der Waals surface area contributed by atoms with Gasteiger partial charge in [-0.3, -0.25) is 15.7 Å². The summed E-state index contributed by atoms with van der Waals surface area (Å²) in [6.07, 6.45) is 2.93. The second-order valence-corrected chi connectivity index (χ2v) is 5.07. The fraction of sp³-hybridized carbons (Fsp3) is 0.636. The van der Waals surface area contributed by atoms with Gasteiger partial charge < -0.3 is 11.1 Å². The molecule has 0 saturated carbocycles. The highest BCUT2D eigenvalue weighted by Crippen LogP contribution is 1.98. The fourth-order valence-electron chi connectivity index (χ4n) is 0.992. The van der Waals surface area contributed by atoms with E-state index in [1.54, 1.807) is 0 Å². The molecule has 5 N–H and O–H groups in total. The summed E-state index contributed by atoms with van der Waals surface area (Å²) in [6, 6.07) is 0. The number of aliphatic imine (C=N–C) groups is 1. The van der Waals surface area contributed by atoms with Crippen molar-refractivity contribution in [1.82, 2.24) is 10.6 Å². The van der Waals surface area contributed by atoms with Gasteiger partial charge in [0, 0.05) is 30.6 Å². The molecule has 5 nitrogen and oxygen atoms in total. The Hall–Kier alpha value is -0.880. The molecule has 0 radical (unpaired) electrons. The first-order valence-electron chi connectivity index (χ1n) is 5.54. The minimum Gasteiger partial charge on any atom is -0.402 e. The number of nitrogens with two attached hydrogens (primary N) is 1. The predicted molar refractivity (Wildman–Crippen MR) is 77.7 cm³/mol. The van der Waals surface area contributed by atoms with Crippen LogP contribution in [0.3, 0.4) is 0 Å². The van der Waals surface area contributed by atoms with Crippen molar-refractivity contribution in [3.8, 4) is 0 Å². The highest BCUT2D eigenvalue weighted by Gasteiger charge is 2.02. The number of halogens is 1. The number of nitrogens with zero attached hydrogens (tertiary/aromatic N) is 1. The van der Waals surface area contributed by atoms with E-state index >= 15 is 0 Å². The number of allylic oxidation sites excluding steroid dienone is 1. The van der Waals surface area contributed by atoms with E-state index < -0.39 is 0 Å². The standard InChI is InChI=1S/C11H22BrN5/c1-8(2)4-15-5-10(9(3)14)6-16-11(12)17-7-13/h5,7-8,11,16H,4,6,14H2,1-3H3,(H2,13,17). The van der Waals surface area contributed by atoms with Crippen LogP contribution in [0.2, 0.25) is 0 Å².